The lowest BCUT2D eigenvalue weighted by Crippen LogP contribution is -2.50. The quantitative estimate of drug-likeness (QED) is 0.452. The van der Waals surface area contributed by atoms with E-state index in [1.165, 1.54) is 11.9 Å². The predicted molar refractivity (Wildman–Crippen MR) is 81.6 cm³/mol. The highest BCUT2D eigenvalue weighted by molar-refractivity contribution is 5.90. The van der Waals surface area contributed by atoms with E-state index in [4.69, 9.17) is 5.73 Å². The summed E-state index contributed by atoms with van der Waals surface area (Å²) in [6.07, 6.45) is -3.05. The minimum atomic E-state index is -1.80. The molecule has 7 nitrogen and oxygen atoms in total. The molecule has 122 valence electrons. The van der Waals surface area contributed by atoms with Crippen molar-refractivity contribution in [2.45, 2.75) is 25.2 Å². The van der Waals surface area contributed by atoms with Crippen molar-refractivity contribution < 1.29 is 19.8 Å². The van der Waals surface area contributed by atoms with Crippen LogP contribution in [0.2, 0.25) is 0 Å². The fourth-order valence-corrected chi connectivity index (χ4v) is 1.86. The van der Waals surface area contributed by atoms with Gasteiger partial charge in [-0.25, -0.2) is 0 Å². The molecule has 7 heteroatoms. The Bertz CT molecular complexity index is 481. The molecule has 1 rings (SSSR count). The van der Waals surface area contributed by atoms with E-state index in [1.54, 1.807) is 0 Å². The first-order valence-corrected chi connectivity index (χ1v) is 7.10. The second kappa shape index (κ2) is 9.14. The Morgan fingerprint density at radius 3 is 2.45 bits per heavy atom. The number of likely N-dealkylation sites (N-methyl/N-ethyl adjacent to an activating group) is 1. The number of carbonyl (C=O) groups is 2. The molecule has 0 aliphatic carbocycles. The van der Waals surface area contributed by atoms with Crippen LogP contribution in [-0.2, 0) is 16.1 Å². The number of benzene rings is 1. The first-order chi connectivity index (χ1) is 10.5. The third-order valence-electron chi connectivity index (χ3n) is 3.14. The molecule has 0 aliphatic heterocycles. The molecule has 2 amide bonds. The molecule has 0 spiro atoms. The monoisotopic (exact) mass is 309 g/mol. The summed E-state index contributed by atoms with van der Waals surface area (Å²) in [5.74, 6) is -1.51. The molecule has 0 aliphatic rings. The van der Waals surface area contributed by atoms with E-state index in [0.717, 1.165) is 5.56 Å². The number of nitrogens with one attached hydrogen (secondary N) is 1. The van der Waals surface area contributed by atoms with Gasteiger partial charge in [0.1, 0.15) is 0 Å². The number of nitrogens with zero attached hydrogens (tertiary/aromatic N) is 1. The molecule has 2 unspecified atom stereocenters. The molecule has 0 heterocycles. The molecular formula is C15H23N3O4. The van der Waals surface area contributed by atoms with Crippen LogP contribution in [0, 0.1) is 0 Å². The second-order valence-corrected chi connectivity index (χ2v) is 5.00. The summed E-state index contributed by atoms with van der Waals surface area (Å²) in [5, 5.41) is 22.0. The molecule has 5 N–H and O–H groups in total. The van der Waals surface area contributed by atoms with Crippen LogP contribution in [0.1, 0.15) is 12.0 Å². The summed E-state index contributed by atoms with van der Waals surface area (Å²) in [6.45, 7) is 0.961. The summed E-state index contributed by atoms with van der Waals surface area (Å²) >= 11 is 0. The van der Waals surface area contributed by atoms with Crippen LogP contribution in [0.5, 0.6) is 0 Å². The Morgan fingerprint density at radius 2 is 1.86 bits per heavy atom. The summed E-state index contributed by atoms with van der Waals surface area (Å²) in [5.41, 5.74) is 6.17. The van der Waals surface area contributed by atoms with Crippen LogP contribution in [0.3, 0.4) is 0 Å². The van der Waals surface area contributed by atoms with Gasteiger partial charge in [-0.2, -0.15) is 0 Å². The Morgan fingerprint density at radius 1 is 1.23 bits per heavy atom. The average Bonchev–Trinajstić information content (AvgIpc) is 2.53. The predicted octanol–water partition coefficient (Wildman–Crippen LogP) is -1.17. The van der Waals surface area contributed by atoms with Gasteiger partial charge < -0.3 is 26.2 Å². The van der Waals surface area contributed by atoms with E-state index in [0.29, 0.717) is 13.0 Å². The van der Waals surface area contributed by atoms with Gasteiger partial charge in [0, 0.05) is 20.1 Å². The lowest BCUT2D eigenvalue weighted by atomic mass is 10.1. The minimum absolute atomic E-state index is 0.276. The fraction of sp³-hybridized carbons (Fsp3) is 0.467. The van der Waals surface area contributed by atoms with Gasteiger partial charge in [-0.3, -0.25) is 9.59 Å². The van der Waals surface area contributed by atoms with E-state index < -0.39 is 24.0 Å². The first-order valence-electron chi connectivity index (χ1n) is 7.10. The van der Waals surface area contributed by atoms with Crippen LogP contribution in [0.25, 0.3) is 0 Å². The van der Waals surface area contributed by atoms with Gasteiger partial charge in [-0.15, -0.1) is 0 Å². The molecule has 0 saturated heterocycles. The van der Waals surface area contributed by atoms with Gasteiger partial charge >= 0.3 is 0 Å². The number of hydrogen-bond donors (Lipinski definition) is 4. The number of hydrogen-bond acceptors (Lipinski definition) is 5. The van der Waals surface area contributed by atoms with Gasteiger partial charge in [-0.1, -0.05) is 30.3 Å². The Labute approximate surface area is 129 Å². The number of rotatable bonds is 8. The molecule has 2 atom stereocenters. The highest BCUT2D eigenvalue weighted by Crippen LogP contribution is 2.06. The molecule has 0 aromatic heterocycles. The number of nitrogens with two attached hydrogens (primary N) is 1. The maximum Gasteiger partial charge on any atom is 0.254 e. The summed E-state index contributed by atoms with van der Waals surface area (Å²) in [6, 6.07) is 9.21. The van der Waals surface area contributed by atoms with E-state index in [-0.39, 0.29) is 13.1 Å². The van der Waals surface area contributed by atoms with Gasteiger partial charge in [0.15, 0.2) is 12.2 Å². The van der Waals surface area contributed by atoms with Gasteiger partial charge in [-0.05, 0) is 18.5 Å². The zero-order valence-corrected chi connectivity index (χ0v) is 12.6. The zero-order valence-electron chi connectivity index (χ0n) is 12.6. The van der Waals surface area contributed by atoms with Gasteiger partial charge in [0.2, 0.25) is 0 Å². The number of carbonyl (C=O) groups excluding carboxylic acids is 2. The summed E-state index contributed by atoms with van der Waals surface area (Å²) < 4.78 is 0. The molecule has 0 saturated carbocycles. The van der Waals surface area contributed by atoms with Crippen molar-refractivity contribution in [1.29, 1.82) is 0 Å². The van der Waals surface area contributed by atoms with Crippen LogP contribution >= 0.6 is 0 Å². The van der Waals surface area contributed by atoms with Gasteiger partial charge in [0.05, 0.1) is 0 Å². The maximum absolute atomic E-state index is 12.0. The first kappa shape index (κ1) is 18.1. The van der Waals surface area contributed by atoms with Crippen LogP contribution in [-0.4, -0.2) is 59.3 Å². The van der Waals surface area contributed by atoms with Gasteiger partial charge in [0.25, 0.3) is 11.8 Å². The minimum Gasteiger partial charge on any atom is -0.380 e. The van der Waals surface area contributed by atoms with E-state index >= 15 is 0 Å². The molecule has 0 fully saturated rings. The van der Waals surface area contributed by atoms with E-state index in [1.807, 2.05) is 30.3 Å². The van der Waals surface area contributed by atoms with Crippen molar-refractivity contribution in [2.24, 2.45) is 5.73 Å². The topological polar surface area (TPSA) is 116 Å². The fourth-order valence-electron chi connectivity index (χ4n) is 1.86. The lowest BCUT2D eigenvalue weighted by molar-refractivity contribution is -0.152. The molecule has 22 heavy (non-hydrogen) atoms. The third kappa shape index (κ3) is 5.44. The van der Waals surface area contributed by atoms with Crippen LogP contribution in [0.4, 0.5) is 0 Å². The highest BCUT2D eigenvalue weighted by atomic mass is 16.3. The third-order valence-corrected chi connectivity index (χ3v) is 3.14. The average molecular weight is 309 g/mol. The summed E-state index contributed by atoms with van der Waals surface area (Å²) in [4.78, 5) is 24.9. The largest absolute Gasteiger partial charge is 0.380 e. The van der Waals surface area contributed by atoms with E-state index in [9.17, 15) is 19.8 Å². The molecular weight excluding hydrogens is 286 g/mol. The number of aliphatic hydroxyl groups excluding tert-OH is 2. The Hall–Kier alpha value is -1.96. The van der Waals surface area contributed by atoms with Crippen LogP contribution < -0.4 is 11.1 Å². The Balaban J connectivity index is 2.53. The lowest BCUT2D eigenvalue weighted by Gasteiger charge is -2.23. The van der Waals surface area contributed by atoms with Crippen molar-refractivity contribution in [3.8, 4) is 0 Å². The molecule has 0 radical (unpaired) electrons. The van der Waals surface area contributed by atoms with E-state index in [2.05, 4.69) is 5.32 Å². The summed E-state index contributed by atoms with van der Waals surface area (Å²) in [7, 11) is 1.50. The molecule has 0 bridgehead atoms. The van der Waals surface area contributed by atoms with Crippen molar-refractivity contribution >= 4 is 11.8 Å². The molecule has 1 aromatic carbocycles. The smallest absolute Gasteiger partial charge is 0.254 e. The SMILES string of the molecule is CN(Cc1ccccc1)C(=O)C(O)C(O)C(=O)NCCCN. The van der Waals surface area contributed by atoms with Crippen molar-refractivity contribution in [2.75, 3.05) is 20.1 Å². The standard InChI is InChI=1S/C15H23N3O4/c1-18(10-11-6-3-2-4-7-11)15(22)13(20)12(19)14(21)17-9-5-8-16/h2-4,6-7,12-13,19-20H,5,8-10,16H2,1H3,(H,17,21). The number of aliphatic hydroxyl groups is 2. The van der Waals surface area contributed by atoms with Crippen molar-refractivity contribution in [1.82, 2.24) is 10.2 Å². The normalized spacial score (nSPS) is 13.3. The number of amides is 2. The molecule has 1 aromatic rings. The second-order valence-electron chi connectivity index (χ2n) is 5.00. The Kier molecular flexibility index (Phi) is 7.51. The highest BCUT2D eigenvalue weighted by Gasteiger charge is 2.31. The van der Waals surface area contributed by atoms with Crippen molar-refractivity contribution in [3.05, 3.63) is 35.9 Å². The van der Waals surface area contributed by atoms with Crippen molar-refractivity contribution in [3.63, 3.8) is 0 Å². The van der Waals surface area contributed by atoms with Crippen LogP contribution in [0.15, 0.2) is 30.3 Å². The maximum atomic E-state index is 12.0. The zero-order chi connectivity index (χ0) is 16.5.